The normalized spacial score (nSPS) is 19.2. The zero-order valence-corrected chi connectivity index (χ0v) is 17.5. The van der Waals surface area contributed by atoms with Gasteiger partial charge in [0.1, 0.15) is 5.82 Å². The third-order valence-corrected chi connectivity index (χ3v) is 5.48. The summed E-state index contributed by atoms with van der Waals surface area (Å²) in [6.07, 6.45) is 11.9. The van der Waals surface area contributed by atoms with E-state index >= 15 is 0 Å². The predicted octanol–water partition coefficient (Wildman–Crippen LogP) is 3.43. The van der Waals surface area contributed by atoms with Crippen molar-refractivity contribution in [3.8, 4) is 0 Å². The van der Waals surface area contributed by atoms with Gasteiger partial charge in [-0.05, 0) is 51.4 Å². The highest BCUT2D eigenvalue weighted by molar-refractivity contribution is 14.0. The third kappa shape index (κ3) is 4.64. The molecule has 1 spiro atoms. The van der Waals surface area contributed by atoms with Crippen molar-refractivity contribution in [3.05, 3.63) is 18.2 Å². The monoisotopic (exact) mass is 445 g/mol. The van der Waals surface area contributed by atoms with E-state index in [1.54, 1.807) is 0 Å². The van der Waals surface area contributed by atoms with E-state index in [9.17, 15) is 0 Å². The first kappa shape index (κ1) is 19.5. The van der Waals surface area contributed by atoms with Crippen LogP contribution in [-0.4, -0.2) is 46.6 Å². The van der Waals surface area contributed by atoms with Crippen molar-refractivity contribution in [1.82, 2.24) is 19.8 Å². The van der Waals surface area contributed by atoms with Crippen molar-refractivity contribution in [2.45, 2.75) is 58.9 Å². The van der Waals surface area contributed by atoms with E-state index in [1.807, 2.05) is 6.20 Å². The number of nitrogens with zero attached hydrogens (tertiary/aromatic N) is 4. The standard InChI is InChI=1S/C18H31N5.HI/c1-3-19-17(23-13-9-18(15-23)7-6-8-18)21-10-4-5-12-22-14-11-20-16(22)2;/h11,14H,3-10,12-13,15H2,1-2H3,(H,19,21);1H. The summed E-state index contributed by atoms with van der Waals surface area (Å²) in [4.78, 5) is 11.6. The van der Waals surface area contributed by atoms with E-state index in [1.165, 1.54) is 38.8 Å². The van der Waals surface area contributed by atoms with Crippen LogP contribution >= 0.6 is 24.0 Å². The smallest absolute Gasteiger partial charge is 0.193 e. The first-order valence-electron chi connectivity index (χ1n) is 9.23. The summed E-state index contributed by atoms with van der Waals surface area (Å²) < 4.78 is 2.22. The molecule has 2 heterocycles. The quantitative estimate of drug-likeness (QED) is 0.316. The number of rotatable bonds is 6. The van der Waals surface area contributed by atoms with Gasteiger partial charge in [-0.3, -0.25) is 4.99 Å². The maximum Gasteiger partial charge on any atom is 0.193 e. The fraction of sp³-hybridized carbons (Fsp3) is 0.778. The summed E-state index contributed by atoms with van der Waals surface area (Å²) in [6.45, 7) is 9.53. The highest BCUT2D eigenvalue weighted by Crippen LogP contribution is 2.47. The molecule has 0 bridgehead atoms. The fourth-order valence-electron chi connectivity index (χ4n) is 3.85. The highest BCUT2D eigenvalue weighted by atomic mass is 127. The Kier molecular flexibility index (Phi) is 7.37. The fourth-order valence-corrected chi connectivity index (χ4v) is 3.85. The second-order valence-corrected chi connectivity index (χ2v) is 7.14. The molecule has 5 nitrogen and oxygen atoms in total. The van der Waals surface area contributed by atoms with Crippen LogP contribution in [0.5, 0.6) is 0 Å². The minimum atomic E-state index is 0. The molecule has 24 heavy (non-hydrogen) atoms. The Balaban J connectivity index is 0.00000208. The van der Waals surface area contributed by atoms with Crippen molar-refractivity contribution < 1.29 is 0 Å². The molecule has 0 radical (unpaired) electrons. The van der Waals surface area contributed by atoms with Crippen molar-refractivity contribution in [2.24, 2.45) is 10.4 Å². The van der Waals surface area contributed by atoms with Gasteiger partial charge in [-0.25, -0.2) is 4.98 Å². The maximum atomic E-state index is 4.87. The van der Waals surface area contributed by atoms with Crippen LogP contribution in [0, 0.1) is 12.3 Å². The first-order chi connectivity index (χ1) is 11.2. The Hall–Kier alpha value is -0.790. The number of halogens is 1. The largest absolute Gasteiger partial charge is 0.357 e. The lowest BCUT2D eigenvalue weighted by Crippen LogP contribution is -2.42. The summed E-state index contributed by atoms with van der Waals surface area (Å²) in [7, 11) is 0. The lowest BCUT2D eigenvalue weighted by atomic mass is 9.68. The third-order valence-electron chi connectivity index (χ3n) is 5.48. The second-order valence-electron chi connectivity index (χ2n) is 7.14. The number of aromatic nitrogens is 2. The van der Waals surface area contributed by atoms with Crippen LogP contribution < -0.4 is 5.32 Å². The van der Waals surface area contributed by atoms with Gasteiger partial charge in [0.2, 0.25) is 0 Å². The Bertz CT molecular complexity index is 535. The molecule has 0 amide bonds. The van der Waals surface area contributed by atoms with Gasteiger partial charge in [0.15, 0.2) is 5.96 Å². The summed E-state index contributed by atoms with van der Waals surface area (Å²) in [5.41, 5.74) is 0.634. The Morgan fingerprint density at radius 3 is 2.75 bits per heavy atom. The number of unbranched alkanes of at least 4 members (excludes halogenated alkanes) is 1. The molecule has 136 valence electrons. The average molecular weight is 445 g/mol. The van der Waals surface area contributed by atoms with Crippen LogP contribution in [-0.2, 0) is 6.54 Å². The van der Waals surface area contributed by atoms with Crippen molar-refractivity contribution >= 4 is 29.9 Å². The Morgan fingerprint density at radius 2 is 2.17 bits per heavy atom. The van der Waals surface area contributed by atoms with Gasteiger partial charge in [-0.2, -0.15) is 0 Å². The van der Waals surface area contributed by atoms with Crippen molar-refractivity contribution in [2.75, 3.05) is 26.2 Å². The minimum Gasteiger partial charge on any atom is -0.357 e. The van der Waals surface area contributed by atoms with E-state index in [0.29, 0.717) is 5.41 Å². The molecule has 2 fully saturated rings. The first-order valence-corrected chi connectivity index (χ1v) is 9.23. The van der Waals surface area contributed by atoms with Crippen molar-refractivity contribution in [3.63, 3.8) is 0 Å². The number of aliphatic imine (C=N–C) groups is 1. The van der Waals surface area contributed by atoms with Crippen LogP contribution in [0.3, 0.4) is 0 Å². The summed E-state index contributed by atoms with van der Waals surface area (Å²) in [6, 6.07) is 0. The molecule has 1 saturated carbocycles. The molecule has 6 heteroatoms. The highest BCUT2D eigenvalue weighted by Gasteiger charge is 2.43. The molecule has 1 aromatic heterocycles. The number of hydrogen-bond acceptors (Lipinski definition) is 2. The van der Waals surface area contributed by atoms with Crippen molar-refractivity contribution in [1.29, 1.82) is 0 Å². The number of imidazole rings is 1. The number of aryl methyl sites for hydroxylation is 2. The van der Waals surface area contributed by atoms with E-state index in [4.69, 9.17) is 4.99 Å². The topological polar surface area (TPSA) is 45.5 Å². The molecule has 3 rings (SSSR count). The van der Waals surface area contributed by atoms with Gasteiger partial charge in [-0.1, -0.05) is 6.42 Å². The molecule has 1 saturated heterocycles. The lowest BCUT2D eigenvalue weighted by molar-refractivity contribution is 0.151. The second kappa shape index (κ2) is 9.06. The molecule has 0 unspecified atom stereocenters. The van der Waals surface area contributed by atoms with Crippen LogP contribution in [0.15, 0.2) is 17.4 Å². The minimum absolute atomic E-state index is 0. The van der Waals surface area contributed by atoms with E-state index in [0.717, 1.165) is 44.3 Å². The SMILES string of the molecule is CCNC(=NCCCCn1ccnc1C)N1CCC2(CCC2)C1.I. The molecule has 1 aromatic rings. The summed E-state index contributed by atoms with van der Waals surface area (Å²) >= 11 is 0. The summed E-state index contributed by atoms with van der Waals surface area (Å²) in [5.74, 6) is 2.24. The molecule has 2 aliphatic rings. The van der Waals surface area contributed by atoms with Crippen LogP contribution in [0.2, 0.25) is 0 Å². The molecule has 1 aliphatic carbocycles. The predicted molar refractivity (Wildman–Crippen MR) is 110 cm³/mol. The van der Waals surface area contributed by atoms with E-state index in [-0.39, 0.29) is 24.0 Å². The van der Waals surface area contributed by atoms with Gasteiger partial charge in [0.25, 0.3) is 0 Å². The van der Waals surface area contributed by atoms with Gasteiger partial charge >= 0.3 is 0 Å². The molecular formula is C18H32IN5. The molecule has 1 N–H and O–H groups in total. The molecule has 1 aliphatic heterocycles. The van der Waals surface area contributed by atoms with E-state index in [2.05, 4.69) is 39.8 Å². The Morgan fingerprint density at radius 1 is 1.33 bits per heavy atom. The average Bonchev–Trinajstić information content (AvgIpc) is 3.12. The molecule has 0 aromatic carbocycles. The number of hydrogen-bond donors (Lipinski definition) is 1. The number of guanidine groups is 1. The van der Waals surface area contributed by atoms with Crippen LogP contribution in [0.4, 0.5) is 0 Å². The van der Waals surface area contributed by atoms with E-state index < -0.39 is 0 Å². The molecule has 0 atom stereocenters. The summed E-state index contributed by atoms with van der Waals surface area (Å²) in [5, 5.41) is 3.48. The van der Waals surface area contributed by atoms with Gasteiger partial charge in [-0.15, -0.1) is 24.0 Å². The van der Waals surface area contributed by atoms with Gasteiger partial charge in [0, 0.05) is 45.1 Å². The number of likely N-dealkylation sites (tertiary alicyclic amines) is 1. The van der Waals surface area contributed by atoms with Crippen LogP contribution in [0.1, 0.15) is 51.3 Å². The zero-order chi connectivity index (χ0) is 16.1. The Labute approximate surface area is 163 Å². The van der Waals surface area contributed by atoms with Gasteiger partial charge < -0.3 is 14.8 Å². The van der Waals surface area contributed by atoms with Crippen LogP contribution in [0.25, 0.3) is 0 Å². The lowest BCUT2D eigenvalue weighted by Gasteiger charge is -2.38. The molecular weight excluding hydrogens is 413 g/mol. The van der Waals surface area contributed by atoms with Gasteiger partial charge in [0.05, 0.1) is 0 Å². The number of nitrogens with one attached hydrogen (secondary N) is 1. The zero-order valence-electron chi connectivity index (χ0n) is 15.1. The maximum absolute atomic E-state index is 4.87.